The van der Waals surface area contributed by atoms with Gasteiger partial charge in [0.15, 0.2) is 5.65 Å². The molecule has 0 aliphatic carbocycles. The molecule has 0 saturated carbocycles. The molecule has 9 heteroatoms. The lowest BCUT2D eigenvalue weighted by Crippen LogP contribution is -2.43. The van der Waals surface area contributed by atoms with E-state index in [0.717, 1.165) is 11.3 Å². The van der Waals surface area contributed by atoms with Crippen molar-refractivity contribution in [3.63, 3.8) is 0 Å². The fourth-order valence-corrected chi connectivity index (χ4v) is 3.33. The van der Waals surface area contributed by atoms with Crippen LogP contribution in [0.4, 0.5) is 0 Å². The molecule has 0 saturated heterocycles. The molecule has 4 rings (SSSR count). The molecule has 1 aliphatic rings. The number of rotatable bonds is 5. The summed E-state index contributed by atoms with van der Waals surface area (Å²) in [5.74, 6) is -0.186. The number of hydrogen-bond acceptors (Lipinski definition) is 6. The number of nitrogens with two attached hydrogens (primary N) is 1. The van der Waals surface area contributed by atoms with Crippen LogP contribution in [-0.2, 0) is 17.8 Å². The third-order valence-electron chi connectivity index (χ3n) is 4.57. The zero-order valence-corrected chi connectivity index (χ0v) is 15.2. The molecule has 2 amide bonds. The van der Waals surface area contributed by atoms with E-state index in [1.165, 1.54) is 23.9 Å². The second-order valence-corrected chi connectivity index (χ2v) is 6.48. The standard InChI is InChI=1S/C19H19N5O4/c1-27-10-13-16(17(20)25)18-21-7-6-14(24(18)23-13)19(26)22-12-8-11-4-2-3-5-15(11)28-9-12/h2-7,12H,8-10H2,1H3,(H2,20,25)(H,22,26). The van der Waals surface area contributed by atoms with Crippen molar-refractivity contribution in [1.82, 2.24) is 19.9 Å². The van der Waals surface area contributed by atoms with Gasteiger partial charge in [0.1, 0.15) is 29.3 Å². The molecule has 3 aromatic rings. The first-order valence-corrected chi connectivity index (χ1v) is 8.75. The molecular formula is C19H19N5O4. The fraction of sp³-hybridized carbons (Fsp3) is 0.263. The van der Waals surface area contributed by atoms with Crippen molar-refractivity contribution >= 4 is 17.5 Å². The highest BCUT2D eigenvalue weighted by Crippen LogP contribution is 2.24. The van der Waals surface area contributed by atoms with Crippen LogP contribution in [0.25, 0.3) is 5.65 Å². The van der Waals surface area contributed by atoms with Crippen molar-refractivity contribution in [2.75, 3.05) is 13.7 Å². The number of hydrogen-bond donors (Lipinski definition) is 2. The van der Waals surface area contributed by atoms with Gasteiger partial charge < -0.3 is 20.5 Å². The van der Waals surface area contributed by atoms with Gasteiger partial charge in [-0.25, -0.2) is 9.50 Å². The summed E-state index contributed by atoms with van der Waals surface area (Å²) in [4.78, 5) is 28.9. The lowest BCUT2D eigenvalue weighted by molar-refractivity contribution is 0.0906. The number of aromatic nitrogens is 3. The first-order chi connectivity index (χ1) is 13.6. The molecule has 0 spiro atoms. The number of primary amides is 1. The van der Waals surface area contributed by atoms with Crippen molar-refractivity contribution in [3.8, 4) is 5.75 Å². The Morgan fingerprint density at radius 3 is 2.96 bits per heavy atom. The fourth-order valence-electron chi connectivity index (χ4n) is 3.33. The van der Waals surface area contributed by atoms with Crippen LogP contribution in [-0.4, -0.2) is 46.2 Å². The Bertz CT molecular complexity index is 1060. The number of fused-ring (bicyclic) bond motifs is 2. The van der Waals surface area contributed by atoms with Crippen LogP contribution in [0.2, 0.25) is 0 Å². The Hall–Kier alpha value is -3.46. The van der Waals surface area contributed by atoms with Crippen molar-refractivity contribution in [3.05, 3.63) is 59.0 Å². The maximum absolute atomic E-state index is 12.9. The van der Waals surface area contributed by atoms with Gasteiger partial charge in [0, 0.05) is 13.3 Å². The van der Waals surface area contributed by atoms with E-state index in [1.54, 1.807) is 0 Å². The summed E-state index contributed by atoms with van der Waals surface area (Å²) in [5.41, 5.74) is 7.45. The highest BCUT2D eigenvalue weighted by molar-refractivity contribution is 6.01. The van der Waals surface area contributed by atoms with Crippen LogP contribution in [0.5, 0.6) is 5.75 Å². The van der Waals surface area contributed by atoms with E-state index in [9.17, 15) is 9.59 Å². The summed E-state index contributed by atoms with van der Waals surface area (Å²) in [6, 6.07) is 9.08. The van der Waals surface area contributed by atoms with Crippen LogP contribution in [0.1, 0.15) is 32.1 Å². The van der Waals surface area contributed by atoms with Gasteiger partial charge in [-0.05, 0) is 24.1 Å². The van der Waals surface area contributed by atoms with Gasteiger partial charge in [0.05, 0.1) is 12.6 Å². The lowest BCUT2D eigenvalue weighted by atomic mass is 10.0. The van der Waals surface area contributed by atoms with E-state index in [4.69, 9.17) is 15.2 Å². The topological polar surface area (TPSA) is 121 Å². The molecule has 9 nitrogen and oxygen atoms in total. The number of carbonyl (C=O) groups is 2. The molecule has 3 N–H and O–H groups in total. The summed E-state index contributed by atoms with van der Waals surface area (Å²) in [6.07, 6.45) is 2.11. The number of benzene rings is 1. The third kappa shape index (κ3) is 3.16. The second kappa shape index (κ2) is 7.28. The molecule has 0 radical (unpaired) electrons. The third-order valence-corrected chi connectivity index (χ3v) is 4.57. The molecule has 1 aliphatic heterocycles. The van der Waals surface area contributed by atoms with Crippen LogP contribution in [0, 0.1) is 0 Å². The predicted octanol–water partition coefficient (Wildman–Crippen LogP) is 0.708. The molecule has 1 unspecified atom stereocenters. The van der Waals surface area contributed by atoms with Crippen LogP contribution >= 0.6 is 0 Å². The van der Waals surface area contributed by atoms with Gasteiger partial charge in [-0.15, -0.1) is 0 Å². The zero-order valence-electron chi connectivity index (χ0n) is 15.2. The summed E-state index contributed by atoms with van der Waals surface area (Å²) in [7, 11) is 1.48. The first-order valence-electron chi connectivity index (χ1n) is 8.75. The molecule has 28 heavy (non-hydrogen) atoms. The average Bonchev–Trinajstić information content (AvgIpc) is 3.06. The molecule has 1 atom stereocenters. The van der Waals surface area contributed by atoms with Crippen molar-refractivity contribution in [2.45, 2.75) is 19.1 Å². The van der Waals surface area contributed by atoms with Gasteiger partial charge in [0.25, 0.3) is 11.8 Å². The van der Waals surface area contributed by atoms with Crippen LogP contribution in [0.3, 0.4) is 0 Å². The number of carbonyl (C=O) groups excluding carboxylic acids is 2. The van der Waals surface area contributed by atoms with Crippen LogP contribution in [0.15, 0.2) is 36.5 Å². The minimum Gasteiger partial charge on any atom is -0.491 e. The average molecular weight is 381 g/mol. The number of amides is 2. The molecule has 144 valence electrons. The number of nitrogens with one attached hydrogen (secondary N) is 1. The summed E-state index contributed by atoms with van der Waals surface area (Å²) in [5, 5.41) is 7.27. The molecule has 2 aromatic heterocycles. The van der Waals surface area contributed by atoms with Crippen molar-refractivity contribution in [1.29, 1.82) is 0 Å². The molecule has 0 fully saturated rings. The summed E-state index contributed by atoms with van der Waals surface area (Å²) in [6.45, 7) is 0.452. The maximum Gasteiger partial charge on any atom is 0.270 e. The van der Waals surface area contributed by atoms with E-state index in [1.807, 2.05) is 24.3 Å². The minimum atomic E-state index is -0.676. The molecular weight excluding hydrogens is 362 g/mol. The van der Waals surface area contributed by atoms with Gasteiger partial charge in [0.2, 0.25) is 0 Å². The smallest absolute Gasteiger partial charge is 0.270 e. The predicted molar refractivity (Wildman–Crippen MR) is 99.1 cm³/mol. The van der Waals surface area contributed by atoms with Gasteiger partial charge in [-0.3, -0.25) is 9.59 Å². The largest absolute Gasteiger partial charge is 0.491 e. The van der Waals surface area contributed by atoms with Crippen molar-refractivity contribution in [2.24, 2.45) is 5.73 Å². The highest BCUT2D eigenvalue weighted by atomic mass is 16.5. The van der Waals surface area contributed by atoms with Crippen LogP contribution < -0.4 is 15.8 Å². The van der Waals surface area contributed by atoms with Gasteiger partial charge in [-0.2, -0.15) is 5.10 Å². The monoisotopic (exact) mass is 381 g/mol. The number of ether oxygens (including phenoxy) is 2. The quantitative estimate of drug-likeness (QED) is 0.671. The summed E-state index contributed by atoms with van der Waals surface area (Å²) < 4.78 is 12.1. The minimum absolute atomic E-state index is 0.0793. The Morgan fingerprint density at radius 2 is 2.18 bits per heavy atom. The molecule has 1 aromatic carbocycles. The van der Waals surface area contributed by atoms with E-state index < -0.39 is 5.91 Å². The van der Waals surface area contributed by atoms with E-state index >= 15 is 0 Å². The number of methoxy groups -OCH3 is 1. The normalized spacial score (nSPS) is 15.7. The maximum atomic E-state index is 12.9. The lowest BCUT2D eigenvalue weighted by Gasteiger charge is -2.26. The van der Waals surface area contributed by atoms with E-state index in [2.05, 4.69) is 15.4 Å². The van der Waals surface area contributed by atoms with E-state index in [-0.39, 0.29) is 35.5 Å². The number of nitrogens with zero attached hydrogens (tertiary/aromatic N) is 3. The van der Waals surface area contributed by atoms with Gasteiger partial charge in [-0.1, -0.05) is 18.2 Å². The number of para-hydroxylation sites is 1. The zero-order chi connectivity index (χ0) is 19.7. The van der Waals surface area contributed by atoms with Gasteiger partial charge >= 0.3 is 0 Å². The highest BCUT2D eigenvalue weighted by Gasteiger charge is 2.25. The molecule has 0 bridgehead atoms. The van der Waals surface area contributed by atoms with E-state index in [0.29, 0.717) is 18.7 Å². The molecule has 3 heterocycles. The Balaban J connectivity index is 1.63. The Labute approximate surface area is 160 Å². The summed E-state index contributed by atoms with van der Waals surface area (Å²) >= 11 is 0. The van der Waals surface area contributed by atoms with Crippen molar-refractivity contribution < 1.29 is 19.1 Å². The Kier molecular flexibility index (Phi) is 4.66. The first kappa shape index (κ1) is 17.9. The Morgan fingerprint density at radius 1 is 1.36 bits per heavy atom. The second-order valence-electron chi connectivity index (χ2n) is 6.48. The SMILES string of the molecule is COCc1nn2c(C(=O)NC3COc4ccccc4C3)ccnc2c1C(N)=O.